The Bertz CT molecular complexity index is 201. The fourth-order valence-corrected chi connectivity index (χ4v) is 0.844. The number of aliphatic hydroxyl groups is 1. The predicted octanol–water partition coefficient (Wildman–Crippen LogP) is 0.162. The van der Waals surface area contributed by atoms with Crippen LogP contribution in [0.2, 0.25) is 0 Å². The first-order valence-electron chi connectivity index (χ1n) is 3.57. The minimum atomic E-state index is -0.461. The summed E-state index contributed by atoms with van der Waals surface area (Å²) >= 11 is 0. The van der Waals surface area contributed by atoms with Crippen molar-refractivity contribution in [3.05, 3.63) is 30.1 Å². The Morgan fingerprint density at radius 3 is 2.73 bits per heavy atom. The van der Waals surface area contributed by atoms with Crippen LogP contribution in [-0.4, -0.2) is 23.4 Å². The number of likely N-dealkylation sites (N-methyl/N-ethyl adjacent to an activating group) is 1. The maximum Gasteiger partial charge on any atom is 0.108 e. The third kappa shape index (κ3) is 2.65. The van der Waals surface area contributed by atoms with Crippen molar-refractivity contribution in [2.24, 2.45) is 0 Å². The maximum atomic E-state index is 9.18. The van der Waals surface area contributed by atoms with Crippen molar-refractivity contribution in [2.75, 3.05) is 7.05 Å². The molecular formula is C8H12N2O. The van der Waals surface area contributed by atoms with E-state index in [1.807, 2.05) is 12.1 Å². The first kappa shape index (κ1) is 8.17. The Hall–Kier alpha value is -0.930. The van der Waals surface area contributed by atoms with E-state index >= 15 is 0 Å². The van der Waals surface area contributed by atoms with Gasteiger partial charge in [0.05, 0.1) is 0 Å². The van der Waals surface area contributed by atoms with Gasteiger partial charge in [0.2, 0.25) is 0 Å². The van der Waals surface area contributed by atoms with Gasteiger partial charge in [-0.2, -0.15) is 0 Å². The number of pyridine rings is 1. The van der Waals surface area contributed by atoms with E-state index in [9.17, 15) is 5.11 Å². The fraction of sp³-hybridized carbons (Fsp3) is 0.375. The molecule has 0 amide bonds. The molecular weight excluding hydrogens is 140 g/mol. The smallest absolute Gasteiger partial charge is 0.108 e. The molecule has 1 unspecified atom stereocenters. The summed E-state index contributed by atoms with van der Waals surface area (Å²) in [4.78, 5) is 3.88. The fourth-order valence-electron chi connectivity index (χ4n) is 0.844. The van der Waals surface area contributed by atoms with E-state index in [1.54, 1.807) is 19.4 Å². The zero-order valence-electron chi connectivity index (χ0n) is 6.49. The van der Waals surface area contributed by atoms with Gasteiger partial charge in [-0.25, -0.2) is 0 Å². The van der Waals surface area contributed by atoms with Crippen molar-refractivity contribution in [1.82, 2.24) is 10.3 Å². The van der Waals surface area contributed by atoms with Gasteiger partial charge in [-0.05, 0) is 24.7 Å². The van der Waals surface area contributed by atoms with Gasteiger partial charge in [-0.15, -0.1) is 0 Å². The highest BCUT2D eigenvalue weighted by Gasteiger charge is 1.99. The van der Waals surface area contributed by atoms with Gasteiger partial charge in [-0.1, -0.05) is 0 Å². The average Bonchev–Trinajstić information content (AvgIpc) is 2.06. The first-order chi connectivity index (χ1) is 5.33. The standard InChI is InChI=1S/C8H12N2O/c1-9-8(11)6-7-2-4-10-5-3-7/h2-5,8-9,11H,6H2,1H3. The highest BCUT2D eigenvalue weighted by molar-refractivity contribution is 5.10. The van der Waals surface area contributed by atoms with Crippen LogP contribution < -0.4 is 5.32 Å². The van der Waals surface area contributed by atoms with Crippen LogP contribution in [0.4, 0.5) is 0 Å². The van der Waals surface area contributed by atoms with Gasteiger partial charge in [0, 0.05) is 18.8 Å². The third-order valence-electron chi connectivity index (χ3n) is 1.51. The molecule has 2 N–H and O–H groups in total. The van der Waals surface area contributed by atoms with E-state index < -0.39 is 6.23 Å². The lowest BCUT2D eigenvalue weighted by molar-refractivity contribution is 0.147. The SMILES string of the molecule is CNC(O)Cc1ccncc1. The summed E-state index contributed by atoms with van der Waals surface area (Å²) in [5.74, 6) is 0. The second-order valence-corrected chi connectivity index (χ2v) is 2.36. The molecule has 0 saturated carbocycles. The Morgan fingerprint density at radius 2 is 2.18 bits per heavy atom. The zero-order chi connectivity index (χ0) is 8.10. The predicted molar refractivity (Wildman–Crippen MR) is 43.0 cm³/mol. The van der Waals surface area contributed by atoms with Crippen molar-refractivity contribution in [1.29, 1.82) is 0 Å². The number of rotatable bonds is 3. The lowest BCUT2D eigenvalue weighted by atomic mass is 10.2. The highest BCUT2D eigenvalue weighted by atomic mass is 16.3. The lowest BCUT2D eigenvalue weighted by Crippen LogP contribution is -2.26. The monoisotopic (exact) mass is 152 g/mol. The molecule has 0 fully saturated rings. The molecule has 0 aliphatic heterocycles. The average molecular weight is 152 g/mol. The van der Waals surface area contributed by atoms with Crippen LogP contribution in [0.25, 0.3) is 0 Å². The van der Waals surface area contributed by atoms with E-state index in [0.717, 1.165) is 5.56 Å². The van der Waals surface area contributed by atoms with Crippen molar-refractivity contribution >= 4 is 0 Å². The number of hydrogen-bond acceptors (Lipinski definition) is 3. The van der Waals surface area contributed by atoms with Crippen molar-refractivity contribution in [3.63, 3.8) is 0 Å². The molecule has 0 aliphatic carbocycles. The number of nitrogens with one attached hydrogen (secondary N) is 1. The summed E-state index contributed by atoms with van der Waals surface area (Å²) in [7, 11) is 1.73. The second-order valence-electron chi connectivity index (χ2n) is 2.36. The van der Waals surface area contributed by atoms with E-state index in [-0.39, 0.29) is 0 Å². The van der Waals surface area contributed by atoms with Gasteiger partial charge >= 0.3 is 0 Å². The van der Waals surface area contributed by atoms with Crippen LogP contribution in [0.15, 0.2) is 24.5 Å². The van der Waals surface area contributed by atoms with Crippen molar-refractivity contribution in [3.8, 4) is 0 Å². The molecule has 0 spiro atoms. The molecule has 0 saturated heterocycles. The van der Waals surface area contributed by atoms with Gasteiger partial charge in [0.15, 0.2) is 0 Å². The summed E-state index contributed by atoms with van der Waals surface area (Å²) in [5.41, 5.74) is 1.09. The molecule has 0 aliphatic rings. The summed E-state index contributed by atoms with van der Waals surface area (Å²) in [6, 6.07) is 3.78. The van der Waals surface area contributed by atoms with Crippen LogP contribution in [0.3, 0.4) is 0 Å². The quantitative estimate of drug-likeness (QED) is 0.606. The Balaban J connectivity index is 2.51. The summed E-state index contributed by atoms with van der Waals surface area (Å²) in [6.07, 6.45) is 3.60. The molecule has 1 rings (SSSR count). The van der Waals surface area contributed by atoms with Crippen molar-refractivity contribution < 1.29 is 5.11 Å². The van der Waals surface area contributed by atoms with E-state index in [2.05, 4.69) is 10.3 Å². The van der Waals surface area contributed by atoms with Crippen LogP contribution >= 0.6 is 0 Å². The van der Waals surface area contributed by atoms with Crippen LogP contribution in [0.1, 0.15) is 5.56 Å². The molecule has 60 valence electrons. The Kier molecular flexibility index (Phi) is 3.01. The molecule has 3 heteroatoms. The van der Waals surface area contributed by atoms with E-state index in [1.165, 1.54) is 0 Å². The Labute approximate surface area is 66.1 Å². The molecule has 0 aromatic carbocycles. The first-order valence-corrected chi connectivity index (χ1v) is 3.57. The van der Waals surface area contributed by atoms with Gasteiger partial charge < -0.3 is 5.11 Å². The number of aromatic nitrogens is 1. The Morgan fingerprint density at radius 1 is 1.55 bits per heavy atom. The molecule has 1 aromatic rings. The summed E-state index contributed by atoms with van der Waals surface area (Å²) in [5, 5.41) is 11.9. The van der Waals surface area contributed by atoms with Crippen LogP contribution in [0, 0.1) is 0 Å². The van der Waals surface area contributed by atoms with Gasteiger partial charge in [-0.3, -0.25) is 10.3 Å². The van der Waals surface area contributed by atoms with E-state index in [4.69, 9.17) is 0 Å². The number of hydrogen-bond donors (Lipinski definition) is 2. The molecule has 3 nitrogen and oxygen atoms in total. The minimum absolute atomic E-state index is 0.461. The molecule has 0 bridgehead atoms. The second kappa shape index (κ2) is 4.05. The molecule has 11 heavy (non-hydrogen) atoms. The van der Waals surface area contributed by atoms with E-state index in [0.29, 0.717) is 6.42 Å². The minimum Gasteiger partial charge on any atom is -0.378 e. The topological polar surface area (TPSA) is 45.1 Å². The van der Waals surface area contributed by atoms with Gasteiger partial charge in [0.25, 0.3) is 0 Å². The normalized spacial score (nSPS) is 12.9. The van der Waals surface area contributed by atoms with Crippen LogP contribution in [-0.2, 0) is 6.42 Å². The summed E-state index contributed by atoms with van der Waals surface area (Å²) in [6.45, 7) is 0. The van der Waals surface area contributed by atoms with Gasteiger partial charge in [0.1, 0.15) is 6.23 Å². The zero-order valence-corrected chi connectivity index (χ0v) is 6.49. The van der Waals surface area contributed by atoms with Crippen molar-refractivity contribution in [2.45, 2.75) is 12.6 Å². The maximum absolute atomic E-state index is 9.18. The largest absolute Gasteiger partial charge is 0.378 e. The number of nitrogens with zero attached hydrogens (tertiary/aromatic N) is 1. The van der Waals surface area contributed by atoms with Crippen LogP contribution in [0.5, 0.6) is 0 Å². The highest BCUT2D eigenvalue weighted by Crippen LogP contribution is 1.98. The third-order valence-corrected chi connectivity index (χ3v) is 1.51. The molecule has 1 atom stereocenters. The number of aliphatic hydroxyl groups excluding tert-OH is 1. The molecule has 1 aromatic heterocycles. The summed E-state index contributed by atoms with van der Waals surface area (Å²) < 4.78 is 0. The molecule has 1 heterocycles. The lowest BCUT2D eigenvalue weighted by Gasteiger charge is -2.07. The molecule has 0 radical (unpaired) electrons.